The second-order valence-electron chi connectivity index (χ2n) is 6.13. The highest BCUT2D eigenvalue weighted by Gasteiger charge is 2.12. The highest BCUT2D eigenvalue weighted by molar-refractivity contribution is 5.96. The Labute approximate surface area is 138 Å². The summed E-state index contributed by atoms with van der Waals surface area (Å²) in [4.78, 5) is 23.5. The number of nitrogens with one attached hydrogen (secondary N) is 3. The smallest absolute Gasteiger partial charge is 0.251 e. The van der Waals surface area contributed by atoms with Gasteiger partial charge in [0.15, 0.2) is 0 Å². The molecule has 2 rings (SSSR count). The first kappa shape index (κ1) is 17.5. The summed E-state index contributed by atoms with van der Waals surface area (Å²) < 4.78 is 0. The number of carbonyl (C=O) groups is 2. The molecule has 0 unspecified atom stereocenters. The SMILES string of the molecule is CNC(=O)c1ccc(NC(=O)CNC2CCCCCCC2)cc1. The Balaban J connectivity index is 1.76. The first-order chi connectivity index (χ1) is 11.2. The van der Waals surface area contributed by atoms with Gasteiger partial charge in [0.05, 0.1) is 6.54 Å². The van der Waals surface area contributed by atoms with Crippen LogP contribution in [0.4, 0.5) is 5.69 Å². The number of carbonyl (C=O) groups excluding carboxylic acids is 2. The topological polar surface area (TPSA) is 70.2 Å². The molecule has 0 atom stereocenters. The van der Waals surface area contributed by atoms with Crippen molar-refractivity contribution in [2.24, 2.45) is 0 Å². The van der Waals surface area contributed by atoms with Crippen LogP contribution in [-0.4, -0.2) is 31.4 Å². The minimum Gasteiger partial charge on any atom is -0.355 e. The largest absolute Gasteiger partial charge is 0.355 e. The van der Waals surface area contributed by atoms with Crippen molar-refractivity contribution in [3.05, 3.63) is 29.8 Å². The highest BCUT2D eigenvalue weighted by atomic mass is 16.2. The molecule has 2 amide bonds. The maximum atomic E-state index is 12.0. The van der Waals surface area contributed by atoms with E-state index in [1.807, 2.05) is 0 Å². The van der Waals surface area contributed by atoms with E-state index in [0.717, 1.165) is 12.8 Å². The third-order valence-electron chi connectivity index (χ3n) is 4.31. The van der Waals surface area contributed by atoms with E-state index in [0.29, 0.717) is 23.8 Å². The van der Waals surface area contributed by atoms with Crippen molar-refractivity contribution < 1.29 is 9.59 Å². The summed E-state index contributed by atoms with van der Waals surface area (Å²) in [7, 11) is 1.60. The Kier molecular flexibility index (Phi) is 7.07. The average molecular weight is 317 g/mol. The normalized spacial score (nSPS) is 16.2. The zero-order valence-corrected chi connectivity index (χ0v) is 13.9. The molecular weight excluding hydrogens is 290 g/mol. The van der Waals surface area contributed by atoms with E-state index >= 15 is 0 Å². The summed E-state index contributed by atoms with van der Waals surface area (Å²) in [5, 5.41) is 8.80. The number of hydrogen-bond donors (Lipinski definition) is 3. The van der Waals surface area contributed by atoms with Crippen molar-refractivity contribution in [2.45, 2.75) is 51.0 Å². The monoisotopic (exact) mass is 317 g/mol. The second-order valence-corrected chi connectivity index (χ2v) is 6.13. The van der Waals surface area contributed by atoms with Crippen molar-refractivity contribution in [2.75, 3.05) is 18.9 Å². The van der Waals surface area contributed by atoms with Crippen molar-refractivity contribution in [1.82, 2.24) is 10.6 Å². The number of rotatable bonds is 5. The quantitative estimate of drug-likeness (QED) is 0.782. The van der Waals surface area contributed by atoms with Crippen LogP contribution in [0.25, 0.3) is 0 Å². The standard InChI is InChI=1S/C18H27N3O2/c1-19-18(23)14-9-11-16(12-10-14)21-17(22)13-20-15-7-5-3-2-4-6-8-15/h9-12,15,20H,2-8,13H2,1H3,(H,19,23)(H,21,22). The lowest BCUT2D eigenvalue weighted by Gasteiger charge is -2.20. The number of amides is 2. The lowest BCUT2D eigenvalue weighted by molar-refractivity contribution is -0.115. The van der Waals surface area contributed by atoms with Gasteiger partial charge in [0.2, 0.25) is 5.91 Å². The molecule has 0 aliphatic heterocycles. The lowest BCUT2D eigenvalue weighted by atomic mass is 9.97. The Hall–Kier alpha value is -1.88. The summed E-state index contributed by atoms with van der Waals surface area (Å²) in [6, 6.07) is 7.36. The van der Waals surface area contributed by atoms with Gasteiger partial charge >= 0.3 is 0 Å². The van der Waals surface area contributed by atoms with E-state index in [4.69, 9.17) is 0 Å². The van der Waals surface area contributed by atoms with E-state index in [-0.39, 0.29) is 11.8 Å². The molecule has 0 saturated heterocycles. The maximum Gasteiger partial charge on any atom is 0.251 e. The predicted octanol–water partition coefficient (Wildman–Crippen LogP) is 2.69. The minimum absolute atomic E-state index is 0.0419. The van der Waals surface area contributed by atoms with E-state index in [2.05, 4.69) is 16.0 Å². The van der Waals surface area contributed by atoms with Gasteiger partial charge in [-0.25, -0.2) is 0 Å². The molecule has 1 aromatic carbocycles. The molecule has 0 bridgehead atoms. The van der Waals surface area contributed by atoms with Gasteiger partial charge in [-0.1, -0.05) is 32.1 Å². The molecule has 0 radical (unpaired) electrons. The maximum absolute atomic E-state index is 12.0. The minimum atomic E-state index is -0.131. The zero-order chi connectivity index (χ0) is 16.5. The molecule has 1 saturated carbocycles. The Bertz CT molecular complexity index is 506. The van der Waals surface area contributed by atoms with Crippen LogP contribution in [0.3, 0.4) is 0 Å². The van der Waals surface area contributed by atoms with Crippen molar-refractivity contribution in [3.8, 4) is 0 Å². The molecule has 1 aliphatic rings. The summed E-state index contributed by atoms with van der Waals surface area (Å²) in [5.74, 6) is -0.173. The average Bonchev–Trinajstić information content (AvgIpc) is 2.54. The fraction of sp³-hybridized carbons (Fsp3) is 0.556. The van der Waals surface area contributed by atoms with Crippen LogP contribution in [0, 0.1) is 0 Å². The second kappa shape index (κ2) is 9.30. The molecule has 0 spiro atoms. The molecule has 23 heavy (non-hydrogen) atoms. The molecule has 3 N–H and O–H groups in total. The molecule has 0 heterocycles. The van der Waals surface area contributed by atoms with Crippen LogP contribution in [0.2, 0.25) is 0 Å². The first-order valence-corrected chi connectivity index (χ1v) is 8.54. The van der Waals surface area contributed by atoms with Gasteiger partial charge in [-0.15, -0.1) is 0 Å². The fourth-order valence-corrected chi connectivity index (χ4v) is 2.95. The van der Waals surface area contributed by atoms with Gasteiger partial charge in [-0.05, 0) is 37.1 Å². The van der Waals surface area contributed by atoms with Gasteiger partial charge in [0.25, 0.3) is 5.91 Å². The summed E-state index contributed by atoms with van der Waals surface area (Å²) in [5.41, 5.74) is 1.29. The molecule has 0 aromatic heterocycles. The summed E-state index contributed by atoms with van der Waals surface area (Å²) in [6.07, 6.45) is 8.78. The first-order valence-electron chi connectivity index (χ1n) is 8.54. The van der Waals surface area contributed by atoms with Crippen LogP contribution < -0.4 is 16.0 Å². The molecule has 1 aliphatic carbocycles. The molecule has 5 heteroatoms. The van der Waals surface area contributed by atoms with E-state index in [9.17, 15) is 9.59 Å². The molecule has 5 nitrogen and oxygen atoms in total. The lowest BCUT2D eigenvalue weighted by Crippen LogP contribution is -2.36. The fourth-order valence-electron chi connectivity index (χ4n) is 2.95. The molecule has 1 fully saturated rings. The van der Waals surface area contributed by atoms with Crippen molar-refractivity contribution in [3.63, 3.8) is 0 Å². The van der Waals surface area contributed by atoms with E-state index in [1.165, 1.54) is 32.1 Å². The van der Waals surface area contributed by atoms with Gasteiger partial charge in [0, 0.05) is 24.3 Å². The molecule has 1 aromatic rings. The van der Waals surface area contributed by atoms with E-state index in [1.54, 1.807) is 31.3 Å². The van der Waals surface area contributed by atoms with Crippen molar-refractivity contribution >= 4 is 17.5 Å². The van der Waals surface area contributed by atoms with Crippen molar-refractivity contribution in [1.29, 1.82) is 0 Å². The highest BCUT2D eigenvalue weighted by Crippen LogP contribution is 2.17. The number of anilines is 1. The zero-order valence-electron chi connectivity index (χ0n) is 13.9. The van der Waals surface area contributed by atoms with Gasteiger partial charge in [-0.2, -0.15) is 0 Å². The number of benzene rings is 1. The van der Waals surface area contributed by atoms with Crippen LogP contribution in [0.15, 0.2) is 24.3 Å². The third-order valence-corrected chi connectivity index (χ3v) is 4.31. The van der Waals surface area contributed by atoms with Gasteiger partial charge in [-0.3, -0.25) is 9.59 Å². The van der Waals surface area contributed by atoms with Crippen LogP contribution in [-0.2, 0) is 4.79 Å². The Morgan fingerprint density at radius 2 is 1.61 bits per heavy atom. The predicted molar refractivity (Wildman–Crippen MR) is 92.6 cm³/mol. The van der Waals surface area contributed by atoms with Crippen LogP contribution >= 0.6 is 0 Å². The third kappa shape index (κ3) is 6.02. The number of hydrogen-bond acceptors (Lipinski definition) is 3. The van der Waals surface area contributed by atoms with Gasteiger partial charge in [0.1, 0.15) is 0 Å². The van der Waals surface area contributed by atoms with E-state index < -0.39 is 0 Å². The van der Waals surface area contributed by atoms with Crippen LogP contribution in [0.1, 0.15) is 55.3 Å². The molecular formula is C18H27N3O2. The molecule has 126 valence electrons. The Morgan fingerprint density at radius 3 is 2.22 bits per heavy atom. The summed E-state index contributed by atoms with van der Waals surface area (Å²) in [6.45, 7) is 0.335. The summed E-state index contributed by atoms with van der Waals surface area (Å²) >= 11 is 0. The Morgan fingerprint density at radius 1 is 1.00 bits per heavy atom. The van der Waals surface area contributed by atoms with Crippen LogP contribution in [0.5, 0.6) is 0 Å². The van der Waals surface area contributed by atoms with Gasteiger partial charge < -0.3 is 16.0 Å².